The third kappa shape index (κ3) is 6.28. The highest BCUT2D eigenvalue weighted by Gasteiger charge is 2.38. The number of aryl methyl sites for hydroxylation is 2. The summed E-state index contributed by atoms with van der Waals surface area (Å²) < 4.78 is 17.4. The number of fused-ring (bicyclic) bond motifs is 3. The molecule has 0 saturated carbocycles. The second kappa shape index (κ2) is 12.6. The highest BCUT2D eigenvalue weighted by atomic mass is 16.5. The molecule has 6 rings (SSSR count). The molecule has 0 radical (unpaired) electrons. The molecule has 2 bridgehead atoms. The zero-order valence-electron chi connectivity index (χ0n) is 24.5. The Morgan fingerprint density at radius 3 is 2.32 bits per heavy atom. The van der Waals surface area contributed by atoms with Gasteiger partial charge in [0.25, 0.3) is 0 Å². The van der Waals surface area contributed by atoms with Gasteiger partial charge in [-0.2, -0.15) is 0 Å². The van der Waals surface area contributed by atoms with Crippen LogP contribution >= 0.6 is 0 Å². The molecule has 3 aliphatic rings. The van der Waals surface area contributed by atoms with Gasteiger partial charge in [-0.05, 0) is 116 Å². The predicted octanol–water partition coefficient (Wildman–Crippen LogP) is 6.73. The van der Waals surface area contributed by atoms with Gasteiger partial charge in [-0.15, -0.1) is 0 Å². The Morgan fingerprint density at radius 2 is 1.59 bits per heavy atom. The SMILES string of the molecule is COc1cc(NCCCc2ccc(OCCN3C4CCC3CC4)cc2)c([C@@H]2CCc3cc(O)ccc3C2)cc1OC. The molecule has 0 aromatic heterocycles. The molecular formula is C35H44N2O4. The number of anilines is 1. The molecule has 1 atom stereocenters. The van der Waals surface area contributed by atoms with Crippen molar-refractivity contribution in [1.82, 2.24) is 4.90 Å². The van der Waals surface area contributed by atoms with Crippen molar-refractivity contribution in [2.24, 2.45) is 0 Å². The number of hydrogen-bond donors (Lipinski definition) is 2. The summed E-state index contributed by atoms with van der Waals surface area (Å²) in [6.07, 6.45) is 10.5. The summed E-state index contributed by atoms with van der Waals surface area (Å²) in [6, 6.07) is 20.3. The van der Waals surface area contributed by atoms with Crippen molar-refractivity contribution in [3.63, 3.8) is 0 Å². The van der Waals surface area contributed by atoms with E-state index in [1.54, 1.807) is 20.3 Å². The van der Waals surface area contributed by atoms with E-state index in [2.05, 4.69) is 52.7 Å². The molecular weight excluding hydrogens is 512 g/mol. The lowest BCUT2D eigenvalue weighted by Crippen LogP contribution is -2.32. The molecule has 218 valence electrons. The lowest BCUT2D eigenvalue weighted by atomic mass is 9.79. The van der Waals surface area contributed by atoms with Gasteiger partial charge in [-0.1, -0.05) is 18.2 Å². The van der Waals surface area contributed by atoms with Crippen LogP contribution in [0.25, 0.3) is 0 Å². The molecule has 3 aromatic carbocycles. The first-order chi connectivity index (χ1) is 20.1. The number of aromatic hydroxyl groups is 1. The lowest BCUT2D eigenvalue weighted by Gasteiger charge is -2.28. The maximum Gasteiger partial charge on any atom is 0.162 e. The molecule has 6 nitrogen and oxygen atoms in total. The van der Waals surface area contributed by atoms with Crippen LogP contribution in [0.3, 0.4) is 0 Å². The van der Waals surface area contributed by atoms with Crippen molar-refractivity contribution in [3.05, 3.63) is 76.9 Å². The predicted molar refractivity (Wildman–Crippen MR) is 164 cm³/mol. The summed E-state index contributed by atoms with van der Waals surface area (Å²) in [7, 11) is 3.38. The van der Waals surface area contributed by atoms with Gasteiger partial charge in [0.05, 0.1) is 14.2 Å². The van der Waals surface area contributed by atoms with Crippen LogP contribution in [-0.2, 0) is 19.3 Å². The second-order valence-electron chi connectivity index (χ2n) is 11.9. The molecule has 2 saturated heterocycles. The number of nitrogens with one attached hydrogen (secondary N) is 1. The molecule has 41 heavy (non-hydrogen) atoms. The van der Waals surface area contributed by atoms with E-state index < -0.39 is 0 Å². The number of methoxy groups -OCH3 is 2. The minimum atomic E-state index is 0.349. The van der Waals surface area contributed by atoms with E-state index in [0.29, 0.717) is 11.7 Å². The number of hydrogen-bond acceptors (Lipinski definition) is 6. The topological polar surface area (TPSA) is 63.2 Å². The number of ether oxygens (including phenoxy) is 3. The van der Waals surface area contributed by atoms with Gasteiger partial charge in [0.2, 0.25) is 0 Å². The standard InChI is InChI=1S/C35H44N2O4/c1-39-34-22-32(27-8-7-26-21-30(38)14-9-25(26)20-27)33(23-35(34)40-2)36-17-3-4-24-5-15-31(16-6-24)41-19-18-37-28-10-11-29(37)13-12-28/h5-6,9,14-16,21-23,27-29,36,38H,3-4,7-8,10-13,17-20H2,1-2H3/t27-,28?,29?/m1/s1. The van der Waals surface area contributed by atoms with Crippen molar-refractivity contribution in [2.45, 2.75) is 75.8 Å². The molecule has 2 aliphatic heterocycles. The summed E-state index contributed by atoms with van der Waals surface area (Å²) in [5.41, 5.74) is 6.28. The fourth-order valence-corrected chi connectivity index (χ4v) is 7.31. The van der Waals surface area contributed by atoms with Crippen molar-refractivity contribution in [2.75, 3.05) is 39.2 Å². The van der Waals surface area contributed by atoms with Crippen LogP contribution in [0.15, 0.2) is 54.6 Å². The van der Waals surface area contributed by atoms with Crippen LogP contribution in [0.1, 0.15) is 66.7 Å². The van der Waals surface area contributed by atoms with Crippen molar-refractivity contribution < 1.29 is 19.3 Å². The van der Waals surface area contributed by atoms with Crippen LogP contribution in [0.5, 0.6) is 23.0 Å². The van der Waals surface area contributed by atoms with E-state index in [-0.39, 0.29) is 0 Å². The first-order valence-corrected chi connectivity index (χ1v) is 15.4. The summed E-state index contributed by atoms with van der Waals surface area (Å²) >= 11 is 0. The number of rotatable bonds is 12. The van der Waals surface area contributed by atoms with E-state index in [4.69, 9.17) is 14.2 Å². The molecule has 0 amide bonds. The molecule has 2 fully saturated rings. The minimum Gasteiger partial charge on any atom is -0.508 e. The number of benzene rings is 3. The number of nitrogens with zero attached hydrogens (tertiary/aromatic N) is 1. The Bertz CT molecular complexity index is 1300. The fourth-order valence-electron chi connectivity index (χ4n) is 7.31. The minimum absolute atomic E-state index is 0.349. The zero-order chi connectivity index (χ0) is 28.2. The van der Waals surface area contributed by atoms with Crippen LogP contribution in [0.4, 0.5) is 5.69 Å². The molecule has 2 N–H and O–H groups in total. The van der Waals surface area contributed by atoms with Gasteiger partial charge in [-0.3, -0.25) is 4.90 Å². The van der Waals surface area contributed by atoms with Crippen LogP contribution in [0, 0.1) is 0 Å². The van der Waals surface area contributed by atoms with Crippen molar-refractivity contribution in [3.8, 4) is 23.0 Å². The Hall–Kier alpha value is -3.38. The molecule has 1 aliphatic carbocycles. The van der Waals surface area contributed by atoms with E-state index in [0.717, 1.165) is 86.8 Å². The summed E-state index contributed by atoms with van der Waals surface area (Å²) in [6.45, 7) is 2.70. The van der Waals surface area contributed by atoms with Gasteiger partial charge < -0.3 is 24.6 Å². The largest absolute Gasteiger partial charge is 0.508 e. The average Bonchev–Trinajstić information content (AvgIpc) is 3.58. The fraction of sp³-hybridized carbons (Fsp3) is 0.486. The Morgan fingerprint density at radius 1 is 0.854 bits per heavy atom. The number of phenolic OH excluding ortho intramolecular Hbond substituents is 1. The van der Waals surface area contributed by atoms with Gasteiger partial charge in [0, 0.05) is 36.9 Å². The van der Waals surface area contributed by atoms with E-state index in [9.17, 15) is 5.11 Å². The first-order valence-electron chi connectivity index (χ1n) is 15.4. The quantitative estimate of drug-likeness (QED) is 0.241. The molecule has 6 heteroatoms. The Balaban J connectivity index is 1.03. The molecule has 2 heterocycles. The van der Waals surface area contributed by atoms with E-state index >= 15 is 0 Å². The summed E-state index contributed by atoms with van der Waals surface area (Å²) in [4.78, 5) is 2.67. The molecule has 3 aromatic rings. The van der Waals surface area contributed by atoms with Gasteiger partial charge in [-0.25, -0.2) is 0 Å². The highest BCUT2D eigenvalue weighted by molar-refractivity contribution is 5.62. The maximum atomic E-state index is 9.90. The summed E-state index contributed by atoms with van der Waals surface area (Å²) in [5, 5.41) is 13.6. The van der Waals surface area contributed by atoms with E-state index in [1.807, 2.05) is 6.07 Å². The smallest absolute Gasteiger partial charge is 0.162 e. The van der Waals surface area contributed by atoms with Crippen LogP contribution in [0.2, 0.25) is 0 Å². The number of phenols is 1. The average molecular weight is 557 g/mol. The van der Waals surface area contributed by atoms with Crippen molar-refractivity contribution >= 4 is 5.69 Å². The molecule has 0 unspecified atom stereocenters. The van der Waals surface area contributed by atoms with Crippen molar-refractivity contribution in [1.29, 1.82) is 0 Å². The Labute approximate surface area is 244 Å². The zero-order valence-corrected chi connectivity index (χ0v) is 24.5. The third-order valence-electron chi connectivity index (χ3n) is 9.52. The van der Waals surface area contributed by atoms with Crippen LogP contribution < -0.4 is 19.5 Å². The highest BCUT2D eigenvalue weighted by Crippen LogP contribution is 2.42. The Kier molecular flexibility index (Phi) is 8.56. The second-order valence-corrected chi connectivity index (χ2v) is 11.9. The lowest BCUT2D eigenvalue weighted by molar-refractivity contribution is 0.194. The monoisotopic (exact) mass is 556 g/mol. The van der Waals surface area contributed by atoms with Crippen LogP contribution in [-0.4, -0.2) is 56.0 Å². The first kappa shape index (κ1) is 27.8. The molecule has 0 spiro atoms. The van der Waals surface area contributed by atoms with E-state index in [1.165, 1.54) is 47.9 Å². The maximum absolute atomic E-state index is 9.90. The summed E-state index contributed by atoms with van der Waals surface area (Å²) in [5.74, 6) is 3.20. The third-order valence-corrected chi connectivity index (χ3v) is 9.52. The normalized spacial score (nSPS) is 21.5. The van der Waals surface area contributed by atoms with Gasteiger partial charge in [0.15, 0.2) is 11.5 Å². The van der Waals surface area contributed by atoms with Gasteiger partial charge in [0.1, 0.15) is 18.1 Å². The van der Waals surface area contributed by atoms with Gasteiger partial charge >= 0.3 is 0 Å².